The van der Waals surface area contributed by atoms with Gasteiger partial charge < -0.3 is 19.2 Å². The van der Waals surface area contributed by atoms with Gasteiger partial charge in [-0.3, -0.25) is 0 Å². The van der Waals surface area contributed by atoms with Gasteiger partial charge in [0.1, 0.15) is 13.1 Å². The summed E-state index contributed by atoms with van der Waals surface area (Å²) in [6, 6.07) is 0. The lowest BCUT2D eigenvalue weighted by molar-refractivity contribution is -0.911. The third-order valence-electron chi connectivity index (χ3n) is 11.5. The van der Waals surface area contributed by atoms with Crippen molar-refractivity contribution in [2.24, 2.45) is 0 Å². The predicted octanol–water partition coefficient (Wildman–Crippen LogP) is 12.4. The van der Waals surface area contributed by atoms with Crippen LogP contribution in [0.2, 0.25) is 0 Å². The van der Waals surface area contributed by atoms with Gasteiger partial charge in [-0.15, -0.1) is 0 Å². The van der Waals surface area contributed by atoms with E-state index in [0.717, 1.165) is 22.1 Å². The molecule has 0 saturated carbocycles. The molecule has 0 heterocycles. The van der Waals surface area contributed by atoms with Crippen LogP contribution in [0.3, 0.4) is 0 Å². The molecule has 0 spiro atoms. The molecule has 0 aliphatic rings. The van der Waals surface area contributed by atoms with Crippen LogP contribution in [-0.4, -0.2) is 85.8 Å². The Bertz CT molecular complexity index is 565. The molecule has 4 nitrogen and oxygen atoms in total. The average molecular weight is 683 g/mol. The maximum atomic E-state index is 9.76. The van der Waals surface area contributed by atoms with Crippen molar-refractivity contribution in [1.82, 2.24) is 0 Å². The molecule has 0 bridgehead atoms. The van der Waals surface area contributed by atoms with E-state index in [1.54, 1.807) is 0 Å². The van der Waals surface area contributed by atoms with E-state index in [2.05, 4.69) is 27.9 Å². The van der Waals surface area contributed by atoms with Crippen LogP contribution in [-0.2, 0) is 0 Å². The first-order valence-corrected chi connectivity index (χ1v) is 22.3. The number of unbranched alkanes of at least 4 members (excludes halogenated alkanes) is 29. The van der Waals surface area contributed by atoms with Gasteiger partial charge in [0.2, 0.25) is 0 Å². The zero-order chi connectivity index (χ0) is 35.3. The topological polar surface area (TPSA) is 40.5 Å². The van der Waals surface area contributed by atoms with Crippen molar-refractivity contribution in [3.63, 3.8) is 0 Å². The third-order valence-corrected chi connectivity index (χ3v) is 11.5. The van der Waals surface area contributed by atoms with Gasteiger partial charge in [0.05, 0.1) is 53.5 Å². The smallest absolute Gasteiger partial charge is 0.102 e. The third kappa shape index (κ3) is 33.0. The fourth-order valence-electron chi connectivity index (χ4n) is 7.87. The highest BCUT2D eigenvalue weighted by atomic mass is 16.3. The number of rotatable bonds is 41. The summed E-state index contributed by atoms with van der Waals surface area (Å²) in [5, 5.41) is 19.5. The summed E-state index contributed by atoms with van der Waals surface area (Å²) < 4.78 is 2.10. The summed E-state index contributed by atoms with van der Waals surface area (Å²) in [6.07, 6.45) is 44.7. The molecule has 0 aromatic heterocycles. The van der Waals surface area contributed by atoms with Crippen molar-refractivity contribution in [2.45, 2.75) is 219 Å². The van der Waals surface area contributed by atoms with Gasteiger partial charge in [0.15, 0.2) is 0 Å². The molecule has 0 fully saturated rings. The van der Waals surface area contributed by atoms with E-state index >= 15 is 0 Å². The van der Waals surface area contributed by atoms with Crippen molar-refractivity contribution in [3.8, 4) is 0 Å². The van der Waals surface area contributed by atoms with Gasteiger partial charge in [-0.2, -0.15) is 0 Å². The predicted molar refractivity (Wildman–Crippen MR) is 215 cm³/mol. The maximum Gasteiger partial charge on any atom is 0.102 e. The molecule has 0 radical (unpaired) electrons. The first-order chi connectivity index (χ1) is 23.4. The molecule has 2 atom stereocenters. The highest BCUT2D eigenvalue weighted by Crippen LogP contribution is 2.17. The van der Waals surface area contributed by atoms with Gasteiger partial charge in [0.25, 0.3) is 0 Å². The van der Waals surface area contributed by atoms with E-state index in [4.69, 9.17) is 0 Å². The van der Waals surface area contributed by atoms with Crippen LogP contribution in [0, 0.1) is 0 Å². The van der Waals surface area contributed by atoms with Crippen molar-refractivity contribution in [3.05, 3.63) is 0 Å². The van der Waals surface area contributed by atoms with Crippen molar-refractivity contribution >= 4 is 0 Å². The average Bonchev–Trinajstić information content (AvgIpc) is 3.07. The second-order valence-electron chi connectivity index (χ2n) is 16.6. The van der Waals surface area contributed by atoms with Gasteiger partial charge in [-0.1, -0.05) is 168 Å². The Morgan fingerprint density at radius 1 is 0.250 bits per heavy atom. The molecule has 48 heavy (non-hydrogen) atoms. The van der Waals surface area contributed by atoms with E-state index < -0.39 is 0 Å². The molecule has 0 saturated heterocycles. The Morgan fingerprint density at radius 2 is 0.417 bits per heavy atom. The summed E-state index contributed by atoms with van der Waals surface area (Å²) >= 11 is 0. The molecule has 2 unspecified atom stereocenters. The number of likely N-dealkylation sites (N-methyl/N-ethyl adjacent to an activating group) is 2. The van der Waals surface area contributed by atoms with Gasteiger partial charge in [-0.05, 0) is 51.4 Å². The van der Waals surface area contributed by atoms with E-state index in [1.807, 2.05) is 0 Å². The number of nitrogens with zero attached hydrogens (tertiary/aromatic N) is 2. The molecule has 0 amide bonds. The summed E-state index contributed by atoms with van der Waals surface area (Å²) in [7, 11) is 4.76. The van der Waals surface area contributed by atoms with Gasteiger partial charge in [0, 0.05) is 0 Å². The Hall–Kier alpha value is -0.160. The number of quaternary nitrogens is 2. The molecule has 4 heteroatoms. The van der Waals surface area contributed by atoms with Crippen molar-refractivity contribution < 1.29 is 19.2 Å². The standard InChI is InChI=1S/C44H94N2O2/c1-5-7-9-11-13-15-17-19-21-23-25-27-29-33-37-45(3,41-43-47)39-35-31-32-36-40-46(4,42-44-48)38-34-30-28-26-24-22-20-18-16-14-12-10-8-6-2/h47-48H,5-44H2,1-4H3/q+2. The van der Waals surface area contributed by atoms with Crippen LogP contribution in [0.1, 0.15) is 219 Å². The number of hydrogen-bond acceptors (Lipinski definition) is 2. The Morgan fingerprint density at radius 3 is 0.583 bits per heavy atom. The molecule has 0 rings (SSSR count). The Kier molecular flexibility index (Phi) is 36.5. The minimum Gasteiger partial charge on any atom is -0.391 e. The first-order valence-electron chi connectivity index (χ1n) is 22.3. The second kappa shape index (κ2) is 36.6. The van der Waals surface area contributed by atoms with Gasteiger partial charge >= 0.3 is 0 Å². The van der Waals surface area contributed by atoms with Crippen LogP contribution in [0.15, 0.2) is 0 Å². The van der Waals surface area contributed by atoms with Crippen LogP contribution in [0.5, 0.6) is 0 Å². The van der Waals surface area contributed by atoms with E-state index in [9.17, 15) is 10.2 Å². The van der Waals surface area contributed by atoms with Crippen molar-refractivity contribution in [1.29, 1.82) is 0 Å². The SMILES string of the molecule is CCCCCCCCCCCCCCCC[N+](C)(CCO)CCCCCC[N+](C)(CCO)CCCCCCCCCCCCCCCC. The van der Waals surface area contributed by atoms with E-state index in [-0.39, 0.29) is 0 Å². The number of hydrogen-bond donors (Lipinski definition) is 2. The molecule has 0 aliphatic heterocycles. The van der Waals surface area contributed by atoms with Crippen LogP contribution >= 0.6 is 0 Å². The molecule has 290 valence electrons. The highest BCUT2D eigenvalue weighted by molar-refractivity contribution is 4.53. The normalized spacial score (nSPS) is 14.4. The maximum absolute atomic E-state index is 9.76. The lowest BCUT2D eigenvalue weighted by Crippen LogP contribution is -2.48. The largest absolute Gasteiger partial charge is 0.391 e. The molecular formula is C44H94N2O2+2. The number of aliphatic hydroxyl groups is 2. The highest BCUT2D eigenvalue weighted by Gasteiger charge is 2.21. The minimum absolute atomic E-state index is 0.311. The fourth-order valence-corrected chi connectivity index (χ4v) is 7.87. The molecular weight excluding hydrogens is 588 g/mol. The number of aliphatic hydroxyl groups excluding tert-OH is 2. The van der Waals surface area contributed by atoms with E-state index in [1.165, 1.54) is 232 Å². The van der Waals surface area contributed by atoms with Crippen LogP contribution in [0.25, 0.3) is 0 Å². The monoisotopic (exact) mass is 683 g/mol. The zero-order valence-corrected chi connectivity index (χ0v) is 34.1. The van der Waals surface area contributed by atoms with Crippen molar-refractivity contribution in [2.75, 3.05) is 66.6 Å². The molecule has 0 aromatic carbocycles. The Balaban J connectivity index is 3.87. The minimum atomic E-state index is 0.311. The summed E-state index contributed by atoms with van der Waals surface area (Å²) in [5.41, 5.74) is 0. The second-order valence-corrected chi connectivity index (χ2v) is 16.6. The van der Waals surface area contributed by atoms with Crippen LogP contribution in [0.4, 0.5) is 0 Å². The molecule has 0 aromatic rings. The summed E-state index contributed by atoms with van der Waals surface area (Å²) in [6.45, 7) is 11.9. The molecule has 2 N–H and O–H groups in total. The summed E-state index contributed by atoms with van der Waals surface area (Å²) in [5.74, 6) is 0. The quantitative estimate of drug-likeness (QED) is 0.0498. The zero-order valence-electron chi connectivity index (χ0n) is 34.1. The van der Waals surface area contributed by atoms with Crippen LogP contribution < -0.4 is 0 Å². The lowest BCUT2D eigenvalue weighted by atomic mass is 10.0. The van der Waals surface area contributed by atoms with Gasteiger partial charge in [-0.25, -0.2) is 0 Å². The lowest BCUT2D eigenvalue weighted by Gasteiger charge is -2.35. The first kappa shape index (κ1) is 47.8. The summed E-state index contributed by atoms with van der Waals surface area (Å²) in [4.78, 5) is 0. The molecule has 0 aliphatic carbocycles. The van der Waals surface area contributed by atoms with E-state index in [0.29, 0.717) is 13.2 Å². The Labute approximate surface area is 304 Å². The fraction of sp³-hybridized carbons (Fsp3) is 1.00.